The molecule has 1 aliphatic heterocycles. The van der Waals surface area contributed by atoms with Crippen LogP contribution in [0.3, 0.4) is 0 Å². The number of nitrogens with zero attached hydrogens (tertiary/aromatic N) is 4. The Labute approximate surface area is 192 Å². The number of aromatic nitrogens is 4. The van der Waals surface area contributed by atoms with Gasteiger partial charge in [0.1, 0.15) is 17.2 Å². The molecule has 0 saturated carbocycles. The van der Waals surface area contributed by atoms with E-state index >= 15 is 0 Å². The second-order valence-electron chi connectivity index (χ2n) is 9.39. The van der Waals surface area contributed by atoms with Crippen molar-refractivity contribution >= 4 is 36.9 Å². The minimum Gasteiger partial charge on any atom is -0.410 e. The van der Waals surface area contributed by atoms with E-state index < -0.39 is 8.32 Å². The number of ether oxygens (including phenoxy) is 1. The molecule has 0 radical (unpaired) electrons. The summed E-state index contributed by atoms with van der Waals surface area (Å²) < 4.78 is 15.6. The van der Waals surface area contributed by atoms with Gasteiger partial charge in [-0.15, -0.1) is 11.8 Å². The fraction of sp³-hybridized carbons (Fsp3) is 0.773. The van der Waals surface area contributed by atoms with Crippen LogP contribution in [-0.2, 0) is 9.16 Å². The van der Waals surface area contributed by atoms with Gasteiger partial charge in [-0.3, -0.25) is 0 Å². The third-order valence-corrected chi connectivity index (χ3v) is 13.7. The first-order valence-electron chi connectivity index (χ1n) is 11.6. The van der Waals surface area contributed by atoms with E-state index in [4.69, 9.17) is 20.0 Å². The molecule has 0 spiro atoms. The van der Waals surface area contributed by atoms with Crippen LogP contribution in [0.4, 0.5) is 5.82 Å². The molecule has 3 atom stereocenters. The van der Waals surface area contributed by atoms with Gasteiger partial charge in [0.25, 0.3) is 0 Å². The van der Waals surface area contributed by atoms with Gasteiger partial charge in [-0.25, -0.2) is 14.6 Å². The topological polar surface area (TPSA) is 88.1 Å². The van der Waals surface area contributed by atoms with E-state index in [2.05, 4.69) is 65.4 Å². The van der Waals surface area contributed by atoms with Crippen LogP contribution >= 0.6 is 11.8 Å². The van der Waals surface area contributed by atoms with E-state index in [9.17, 15) is 0 Å². The molecule has 9 heteroatoms. The molecule has 0 amide bonds. The summed E-state index contributed by atoms with van der Waals surface area (Å²) in [5, 5.41) is 6.55. The molecule has 3 heterocycles. The Morgan fingerprint density at radius 3 is 2.35 bits per heavy atom. The van der Waals surface area contributed by atoms with Crippen molar-refractivity contribution in [2.75, 3.05) is 11.5 Å². The predicted molar refractivity (Wildman–Crippen MR) is 131 cm³/mol. The molecule has 2 N–H and O–H groups in total. The molecule has 0 aliphatic carbocycles. The highest BCUT2D eigenvalue weighted by atomic mass is 32.2. The molecule has 0 bridgehead atoms. The van der Waals surface area contributed by atoms with Gasteiger partial charge >= 0.3 is 0 Å². The smallest absolute Gasteiger partial charge is 0.200 e. The van der Waals surface area contributed by atoms with Crippen molar-refractivity contribution in [1.82, 2.24) is 19.7 Å². The number of anilines is 1. The lowest BCUT2D eigenvalue weighted by atomic mass is 10.1. The largest absolute Gasteiger partial charge is 0.410 e. The second-order valence-corrected chi connectivity index (χ2v) is 16.0. The van der Waals surface area contributed by atoms with Crippen LogP contribution in [0.25, 0.3) is 11.0 Å². The third kappa shape index (κ3) is 4.38. The van der Waals surface area contributed by atoms with Gasteiger partial charge in [-0.05, 0) is 28.8 Å². The minimum absolute atomic E-state index is 0.0498. The zero-order valence-electron chi connectivity index (χ0n) is 20.3. The number of hydrogen-bond donors (Lipinski definition) is 1. The van der Waals surface area contributed by atoms with E-state index in [0.29, 0.717) is 22.4 Å². The highest BCUT2D eigenvalue weighted by Gasteiger charge is 2.50. The minimum atomic E-state index is -2.01. The Bertz CT molecular complexity index is 866. The van der Waals surface area contributed by atoms with E-state index in [1.165, 1.54) is 6.33 Å². The summed E-state index contributed by atoms with van der Waals surface area (Å²) in [4.78, 5) is 8.69. The number of hydrogen-bond acceptors (Lipinski definition) is 7. The lowest BCUT2D eigenvalue weighted by Gasteiger charge is -2.44. The van der Waals surface area contributed by atoms with Gasteiger partial charge in [-0.2, -0.15) is 5.10 Å². The maximum atomic E-state index is 7.14. The molecule has 7 nitrogen and oxygen atoms in total. The summed E-state index contributed by atoms with van der Waals surface area (Å²) in [7, 11) is -2.01. The van der Waals surface area contributed by atoms with E-state index in [0.717, 1.165) is 34.7 Å². The molecule has 174 valence electrons. The first-order chi connectivity index (χ1) is 14.7. The molecule has 2 aromatic rings. The molecule has 31 heavy (non-hydrogen) atoms. The fourth-order valence-corrected chi connectivity index (χ4v) is 11.8. The molecule has 3 rings (SSSR count). The Kier molecular flexibility index (Phi) is 7.71. The Hall–Kier alpha value is -1.16. The number of thioether (sulfide) groups is 1. The second kappa shape index (κ2) is 9.76. The van der Waals surface area contributed by atoms with Gasteiger partial charge in [0.15, 0.2) is 11.9 Å². The van der Waals surface area contributed by atoms with Crippen LogP contribution in [0.1, 0.15) is 74.5 Å². The summed E-state index contributed by atoms with van der Waals surface area (Å²) in [6.07, 6.45) is 3.09. The van der Waals surface area contributed by atoms with Crippen molar-refractivity contribution < 1.29 is 9.16 Å². The summed E-state index contributed by atoms with van der Waals surface area (Å²) in [5.74, 6) is 1.37. The number of nitrogen functional groups attached to an aromatic ring is 1. The van der Waals surface area contributed by atoms with Crippen LogP contribution in [0.5, 0.6) is 0 Å². The molecule has 1 saturated heterocycles. The van der Waals surface area contributed by atoms with Crippen molar-refractivity contribution in [3.63, 3.8) is 0 Å². The maximum Gasteiger partial charge on any atom is 0.200 e. The van der Waals surface area contributed by atoms with Crippen molar-refractivity contribution in [1.29, 1.82) is 0 Å². The highest BCUT2D eigenvalue weighted by Crippen LogP contribution is 2.46. The Morgan fingerprint density at radius 1 is 1.16 bits per heavy atom. The summed E-state index contributed by atoms with van der Waals surface area (Å²) in [6, 6.07) is 0. The first-order valence-corrected chi connectivity index (χ1v) is 14.7. The zero-order chi connectivity index (χ0) is 22.9. The zero-order valence-corrected chi connectivity index (χ0v) is 22.1. The van der Waals surface area contributed by atoms with Gasteiger partial charge < -0.3 is 14.9 Å². The van der Waals surface area contributed by atoms with Crippen molar-refractivity contribution in [2.24, 2.45) is 0 Å². The first kappa shape index (κ1) is 24.5. The molecule has 0 aromatic carbocycles. The summed E-state index contributed by atoms with van der Waals surface area (Å²) in [6.45, 7) is 18.2. The van der Waals surface area contributed by atoms with Gasteiger partial charge in [0.05, 0.1) is 17.6 Å². The molecule has 1 fully saturated rings. The van der Waals surface area contributed by atoms with Crippen LogP contribution in [0.2, 0.25) is 16.6 Å². The van der Waals surface area contributed by atoms with Crippen LogP contribution in [-0.4, -0.2) is 46.0 Å². The average Bonchev–Trinajstić information content (AvgIpc) is 3.27. The van der Waals surface area contributed by atoms with E-state index in [1.54, 1.807) is 11.8 Å². The molecular formula is C22H39N5O2SSi. The monoisotopic (exact) mass is 465 g/mol. The molecule has 0 unspecified atom stereocenters. The maximum absolute atomic E-state index is 7.14. The highest BCUT2D eigenvalue weighted by molar-refractivity contribution is 7.99. The Balaban J connectivity index is 1.96. The van der Waals surface area contributed by atoms with E-state index in [1.807, 2.05) is 4.68 Å². The van der Waals surface area contributed by atoms with Gasteiger partial charge in [0, 0.05) is 6.42 Å². The normalized spacial score (nSPS) is 22.5. The van der Waals surface area contributed by atoms with Crippen molar-refractivity contribution in [2.45, 2.75) is 108 Å². The van der Waals surface area contributed by atoms with Crippen molar-refractivity contribution in [3.8, 4) is 0 Å². The lowest BCUT2D eigenvalue weighted by Crippen LogP contribution is -2.51. The van der Waals surface area contributed by atoms with E-state index in [-0.39, 0.29) is 18.4 Å². The van der Waals surface area contributed by atoms with Gasteiger partial charge in [-0.1, -0.05) is 55.4 Å². The van der Waals surface area contributed by atoms with Crippen LogP contribution in [0.15, 0.2) is 11.4 Å². The fourth-order valence-electron chi connectivity index (χ4n) is 5.41. The summed E-state index contributed by atoms with van der Waals surface area (Å²) in [5.41, 5.74) is 8.54. The molecule has 1 aliphatic rings. The standard InChI is InChI=1S/C22H39N5O2SSi/c1-9-16-17(29-31(13(3)4,14(5)6)15(7)8)11-18(28-16)27-21-19(20(23)24-12-25-21)22(26-27)30-10-2/h12-18H,9-11H2,1-8H3,(H2,23,24,25)/t16-,17+,18-/m1/s1. The average molecular weight is 466 g/mol. The summed E-state index contributed by atoms with van der Waals surface area (Å²) >= 11 is 1.66. The van der Waals surface area contributed by atoms with Crippen LogP contribution < -0.4 is 5.73 Å². The number of fused-ring (bicyclic) bond motifs is 1. The molecule has 2 aromatic heterocycles. The van der Waals surface area contributed by atoms with Gasteiger partial charge in [0.2, 0.25) is 8.32 Å². The lowest BCUT2D eigenvalue weighted by molar-refractivity contribution is -0.0222. The SMILES string of the molecule is CCSc1nn([C@H]2C[C@H](O[Si](C(C)C)(C(C)C)C(C)C)[C@@H](CC)O2)c2ncnc(N)c12. The third-order valence-electron chi connectivity index (χ3n) is 6.69. The molecular weight excluding hydrogens is 426 g/mol. The quantitative estimate of drug-likeness (QED) is 0.371. The van der Waals surface area contributed by atoms with Crippen LogP contribution in [0, 0.1) is 0 Å². The number of nitrogens with two attached hydrogens (primary N) is 1. The van der Waals surface area contributed by atoms with Crippen molar-refractivity contribution in [3.05, 3.63) is 6.33 Å². The predicted octanol–water partition coefficient (Wildman–Crippen LogP) is 5.78. The number of rotatable bonds is 9. The Morgan fingerprint density at radius 2 is 1.81 bits per heavy atom.